The number of aromatic nitrogens is 1. The van der Waals surface area contributed by atoms with Gasteiger partial charge < -0.3 is 15.8 Å². The maximum Gasteiger partial charge on any atom is 0.223 e. The van der Waals surface area contributed by atoms with Crippen LogP contribution in [-0.2, 0) is 15.1 Å². The van der Waals surface area contributed by atoms with Gasteiger partial charge in [0.2, 0.25) is 5.91 Å². The van der Waals surface area contributed by atoms with Gasteiger partial charge in [-0.1, -0.05) is 0 Å². The Hall–Kier alpha value is -0.980. The fourth-order valence-electron chi connectivity index (χ4n) is 1.45. The Morgan fingerprint density at radius 3 is 2.88 bits per heavy atom. The Bertz CT molecular complexity index is 348. The summed E-state index contributed by atoms with van der Waals surface area (Å²) in [5, 5.41) is 5.70. The zero-order valence-corrected chi connectivity index (χ0v) is 11.2. The molecule has 1 amide bonds. The molecule has 1 aromatic rings. The van der Waals surface area contributed by atoms with E-state index in [9.17, 15) is 4.79 Å². The number of nitrogens with one attached hydrogen (secondary N) is 1. The van der Waals surface area contributed by atoms with Crippen LogP contribution >= 0.6 is 11.3 Å². The largest absolute Gasteiger partial charge is 0.380 e. The van der Waals surface area contributed by atoms with Gasteiger partial charge in [0, 0.05) is 25.2 Å². The van der Waals surface area contributed by atoms with E-state index in [2.05, 4.69) is 10.3 Å². The summed E-state index contributed by atoms with van der Waals surface area (Å²) in [5.74, 6) is -0.0810. The third-order valence-electron chi connectivity index (χ3n) is 2.43. The molecular weight excluding hydrogens is 238 g/mol. The predicted molar refractivity (Wildman–Crippen MR) is 67.8 cm³/mol. The molecule has 0 bridgehead atoms. The summed E-state index contributed by atoms with van der Waals surface area (Å²) < 4.78 is 5.08. The first kappa shape index (κ1) is 14.1. The van der Waals surface area contributed by atoms with Gasteiger partial charge >= 0.3 is 0 Å². The Labute approximate surface area is 105 Å². The second-order valence-corrected chi connectivity index (χ2v) is 5.20. The summed E-state index contributed by atoms with van der Waals surface area (Å²) >= 11 is 1.52. The van der Waals surface area contributed by atoms with Crippen LogP contribution in [0.4, 0.5) is 0 Å². The van der Waals surface area contributed by atoms with Crippen molar-refractivity contribution in [1.82, 2.24) is 10.3 Å². The summed E-state index contributed by atoms with van der Waals surface area (Å²) in [6, 6.07) is 0. The van der Waals surface area contributed by atoms with Crippen molar-refractivity contribution in [3.05, 3.63) is 16.6 Å². The van der Waals surface area contributed by atoms with Crippen molar-refractivity contribution in [2.75, 3.05) is 13.7 Å². The first-order valence-corrected chi connectivity index (χ1v) is 6.31. The van der Waals surface area contributed by atoms with Crippen LogP contribution in [-0.4, -0.2) is 30.6 Å². The van der Waals surface area contributed by atoms with Crippen LogP contribution < -0.4 is 11.1 Å². The Balaban J connectivity index is 2.56. The van der Waals surface area contributed by atoms with Crippen molar-refractivity contribution in [2.45, 2.75) is 31.9 Å². The first-order valence-electron chi connectivity index (χ1n) is 5.43. The molecule has 0 spiro atoms. The molecule has 1 rings (SSSR count). The zero-order chi connectivity index (χ0) is 12.9. The van der Waals surface area contributed by atoms with Crippen molar-refractivity contribution < 1.29 is 9.53 Å². The zero-order valence-electron chi connectivity index (χ0n) is 10.4. The summed E-state index contributed by atoms with van der Waals surface area (Å²) in [5.41, 5.74) is 5.01. The van der Waals surface area contributed by atoms with Crippen LogP contribution in [0.25, 0.3) is 0 Å². The topological polar surface area (TPSA) is 77.2 Å². The number of carbonyl (C=O) groups is 1. The van der Waals surface area contributed by atoms with Gasteiger partial charge in [0.05, 0.1) is 18.1 Å². The molecule has 0 aliphatic carbocycles. The molecule has 6 heteroatoms. The molecular formula is C11H19N3O2S. The molecule has 0 fully saturated rings. The highest BCUT2D eigenvalue weighted by Crippen LogP contribution is 2.22. The van der Waals surface area contributed by atoms with Gasteiger partial charge in [0.15, 0.2) is 0 Å². The number of carbonyl (C=O) groups excluding carboxylic acids is 1. The molecule has 0 aromatic carbocycles. The molecule has 0 aliphatic heterocycles. The van der Waals surface area contributed by atoms with Crippen LogP contribution in [0.5, 0.6) is 0 Å². The molecule has 0 radical (unpaired) electrons. The average Bonchev–Trinajstić information content (AvgIpc) is 2.79. The highest BCUT2D eigenvalue weighted by molar-refractivity contribution is 7.09. The van der Waals surface area contributed by atoms with E-state index in [0.717, 1.165) is 5.01 Å². The van der Waals surface area contributed by atoms with Crippen molar-refractivity contribution in [2.24, 2.45) is 5.73 Å². The fourth-order valence-corrected chi connectivity index (χ4v) is 2.17. The van der Waals surface area contributed by atoms with Gasteiger partial charge in [0.25, 0.3) is 0 Å². The SMILES string of the molecule is COC(CN)CC(=O)NC(C)(C)c1nccs1. The summed E-state index contributed by atoms with van der Waals surface area (Å²) in [7, 11) is 1.55. The smallest absolute Gasteiger partial charge is 0.223 e. The maximum atomic E-state index is 11.8. The van der Waals surface area contributed by atoms with E-state index in [1.165, 1.54) is 11.3 Å². The van der Waals surface area contributed by atoms with Crippen molar-refractivity contribution in [1.29, 1.82) is 0 Å². The number of hydrogen-bond acceptors (Lipinski definition) is 5. The highest BCUT2D eigenvalue weighted by Gasteiger charge is 2.26. The molecule has 1 atom stereocenters. The molecule has 0 aliphatic rings. The third-order valence-corrected chi connectivity index (χ3v) is 3.52. The minimum absolute atomic E-state index is 0.0810. The number of thiazole rings is 1. The minimum atomic E-state index is -0.460. The molecule has 0 saturated carbocycles. The van der Waals surface area contributed by atoms with E-state index < -0.39 is 5.54 Å². The lowest BCUT2D eigenvalue weighted by atomic mass is 10.1. The number of hydrogen-bond donors (Lipinski definition) is 2. The van der Waals surface area contributed by atoms with E-state index in [1.54, 1.807) is 13.3 Å². The van der Waals surface area contributed by atoms with Gasteiger partial charge in [-0.3, -0.25) is 4.79 Å². The lowest BCUT2D eigenvalue weighted by Crippen LogP contribution is -2.43. The number of methoxy groups -OCH3 is 1. The van der Waals surface area contributed by atoms with E-state index in [4.69, 9.17) is 10.5 Å². The summed E-state index contributed by atoms with van der Waals surface area (Å²) in [6.07, 6.45) is 1.76. The molecule has 5 nitrogen and oxygen atoms in total. The van der Waals surface area contributed by atoms with Crippen molar-refractivity contribution >= 4 is 17.2 Å². The molecule has 3 N–H and O–H groups in total. The molecule has 1 aromatic heterocycles. The Morgan fingerprint density at radius 1 is 1.71 bits per heavy atom. The van der Waals surface area contributed by atoms with E-state index >= 15 is 0 Å². The standard InChI is InChI=1S/C11H19N3O2S/c1-11(2,10-13-4-5-17-10)14-9(15)6-8(7-12)16-3/h4-5,8H,6-7,12H2,1-3H3,(H,14,15). The van der Waals surface area contributed by atoms with Gasteiger partial charge in [0.1, 0.15) is 5.01 Å². The lowest BCUT2D eigenvalue weighted by Gasteiger charge is -2.24. The quantitative estimate of drug-likeness (QED) is 0.792. The van der Waals surface area contributed by atoms with Crippen molar-refractivity contribution in [3.63, 3.8) is 0 Å². The monoisotopic (exact) mass is 257 g/mol. The minimum Gasteiger partial charge on any atom is -0.380 e. The number of nitrogens with zero attached hydrogens (tertiary/aromatic N) is 1. The number of ether oxygens (including phenoxy) is 1. The van der Waals surface area contributed by atoms with Crippen LogP contribution in [0.1, 0.15) is 25.3 Å². The average molecular weight is 257 g/mol. The fraction of sp³-hybridized carbons (Fsp3) is 0.636. The van der Waals surface area contributed by atoms with Gasteiger partial charge in [-0.25, -0.2) is 4.98 Å². The normalized spacial score (nSPS) is 13.4. The second-order valence-electron chi connectivity index (χ2n) is 4.31. The maximum absolute atomic E-state index is 11.8. The Morgan fingerprint density at radius 2 is 2.41 bits per heavy atom. The van der Waals surface area contributed by atoms with Crippen molar-refractivity contribution in [3.8, 4) is 0 Å². The van der Waals surface area contributed by atoms with Crippen LogP contribution in [0.2, 0.25) is 0 Å². The first-order chi connectivity index (χ1) is 7.99. The van der Waals surface area contributed by atoms with Gasteiger partial charge in [-0.2, -0.15) is 0 Å². The van der Waals surface area contributed by atoms with E-state index in [0.29, 0.717) is 6.54 Å². The lowest BCUT2D eigenvalue weighted by molar-refractivity contribution is -0.125. The van der Waals surface area contributed by atoms with Gasteiger partial charge in [-0.15, -0.1) is 11.3 Å². The molecule has 1 unspecified atom stereocenters. The van der Waals surface area contributed by atoms with E-state index in [-0.39, 0.29) is 18.4 Å². The molecule has 1 heterocycles. The molecule has 17 heavy (non-hydrogen) atoms. The van der Waals surface area contributed by atoms with Crippen LogP contribution in [0.3, 0.4) is 0 Å². The van der Waals surface area contributed by atoms with E-state index in [1.807, 2.05) is 19.2 Å². The number of nitrogens with two attached hydrogens (primary N) is 1. The van der Waals surface area contributed by atoms with Crippen LogP contribution in [0, 0.1) is 0 Å². The Kier molecular flexibility index (Phi) is 5.04. The van der Waals surface area contributed by atoms with Gasteiger partial charge in [-0.05, 0) is 13.8 Å². The summed E-state index contributed by atoms with van der Waals surface area (Å²) in [6.45, 7) is 4.18. The molecule has 0 saturated heterocycles. The highest BCUT2D eigenvalue weighted by atomic mass is 32.1. The van der Waals surface area contributed by atoms with Crippen LogP contribution in [0.15, 0.2) is 11.6 Å². The number of rotatable bonds is 6. The second kappa shape index (κ2) is 6.09. The predicted octanol–water partition coefficient (Wildman–Crippen LogP) is 0.858. The third kappa shape index (κ3) is 4.07. The molecule has 96 valence electrons. The number of amides is 1. The summed E-state index contributed by atoms with van der Waals surface area (Å²) in [4.78, 5) is 16.0.